The van der Waals surface area contributed by atoms with E-state index in [2.05, 4.69) is 24.9 Å². The number of amides is 2. The fourth-order valence-corrected chi connectivity index (χ4v) is 5.63. The second-order valence-corrected chi connectivity index (χ2v) is 10.8. The third kappa shape index (κ3) is 7.39. The summed E-state index contributed by atoms with van der Waals surface area (Å²) in [6.45, 7) is 2.13. The van der Waals surface area contributed by atoms with Crippen molar-refractivity contribution in [2.45, 2.75) is 37.3 Å². The molecule has 1 aromatic carbocycles. The van der Waals surface area contributed by atoms with Crippen LogP contribution in [-0.4, -0.2) is 53.4 Å². The number of halogens is 7. The Balaban J connectivity index is 1.28. The first-order valence-electron chi connectivity index (χ1n) is 13.3. The van der Waals surface area contributed by atoms with Gasteiger partial charge in [0.2, 0.25) is 0 Å². The monoisotopic (exact) mass is 625 g/mol. The van der Waals surface area contributed by atoms with E-state index in [1.54, 1.807) is 29.2 Å². The van der Waals surface area contributed by atoms with Crippen molar-refractivity contribution in [3.05, 3.63) is 88.5 Å². The third-order valence-corrected chi connectivity index (χ3v) is 7.79. The van der Waals surface area contributed by atoms with Crippen LogP contribution in [0.25, 0.3) is 6.08 Å². The molecular weight excluding hydrogens is 600 g/mol. The number of carbonyl (C=O) groups excluding carboxylic acids is 1. The Morgan fingerprint density at radius 3 is 2.47 bits per heavy atom. The molecule has 3 aromatic rings. The molecule has 0 bridgehead atoms. The van der Waals surface area contributed by atoms with Crippen molar-refractivity contribution in [2.24, 2.45) is 0 Å². The van der Waals surface area contributed by atoms with Crippen LogP contribution in [0, 0.1) is 0 Å². The molecule has 0 unspecified atom stereocenters. The Morgan fingerprint density at radius 1 is 1.05 bits per heavy atom. The fourth-order valence-electron chi connectivity index (χ4n) is 5.44. The van der Waals surface area contributed by atoms with Crippen LogP contribution in [-0.2, 0) is 18.1 Å². The van der Waals surface area contributed by atoms with E-state index in [-0.39, 0.29) is 24.0 Å². The summed E-state index contributed by atoms with van der Waals surface area (Å²) in [5.41, 5.74) is 0.841. The smallest absolute Gasteiger partial charge is 0.406 e. The summed E-state index contributed by atoms with van der Waals surface area (Å²) in [4.78, 5) is 24.7. The molecule has 0 aliphatic carbocycles. The predicted octanol–water partition coefficient (Wildman–Crippen LogP) is 6.82. The molecule has 2 aliphatic rings. The van der Waals surface area contributed by atoms with Gasteiger partial charge in [0.1, 0.15) is 10.9 Å². The predicted molar refractivity (Wildman–Crippen MR) is 148 cm³/mol. The van der Waals surface area contributed by atoms with Gasteiger partial charge in [0.25, 0.3) is 0 Å². The zero-order valence-electron chi connectivity index (χ0n) is 22.6. The minimum atomic E-state index is -4.86. The highest BCUT2D eigenvalue weighted by Crippen LogP contribution is 2.48. The van der Waals surface area contributed by atoms with Gasteiger partial charge in [-0.3, -0.25) is 14.8 Å². The lowest BCUT2D eigenvalue weighted by molar-refractivity contribution is -0.274. The van der Waals surface area contributed by atoms with Gasteiger partial charge in [-0.25, -0.2) is 9.78 Å². The zero-order valence-corrected chi connectivity index (χ0v) is 23.3. The molecule has 7 nitrogen and oxygen atoms in total. The number of fused-ring (bicyclic) bond motifs is 2. The topological polar surface area (TPSA) is 70.6 Å². The number of rotatable bonds is 6. The van der Waals surface area contributed by atoms with E-state index in [0.29, 0.717) is 49.4 Å². The fraction of sp³-hybridized carbons (Fsp3) is 0.345. The van der Waals surface area contributed by atoms with E-state index in [0.717, 1.165) is 17.8 Å². The first-order chi connectivity index (χ1) is 20.3. The van der Waals surface area contributed by atoms with E-state index < -0.39 is 29.5 Å². The molecule has 1 fully saturated rings. The van der Waals surface area contributed by atoms with Gasteiger partial charge in [0.15, 0.2) is 0 Å². The Labute approximate surface area is 248 Å². The number of carbonyl (C=O) groups is 1. The Kier molecular flexibility index (Phi) is 8.57. The molecule has 1 spiro atoms. The second-order valence-electron chi connectivity index (χ2n) is 10.4. The number of pyridine rings is 2. The molecule has 4 heterocycles. The van der Waals surface area contributed by atoms with Crippen molar-refractivity contribution in [1.82, 2.24) is 20.2 Å². The number of alkyl halides is 6. The summed E-state index contributed by atoms with van der Waals surface area (Å²) in [5.74, 6) is -0.353. The number of urea groups is 1. The van der Waals surface area contributed by atoms with E-state index in [1.165, 1.54) is 30.5 Å². The SMILES string of the molecule is O=C(NCc1ccnc(Cl)c1)N1CC2(CCN(CC=Cc3ccc(C(F)(F)F)cn3)CC2)c2cc(OC(F)(F)F)ccc21. The normalized spacial score (nSPS) is 17.0. The average Bonchev–Trinajstić information content (AvgIpc) is 3.25. The molecule has 0 radical (unpaired) electrons. The van der Waals surface area contributed by atoms with Crippen LogP contribution in [0.5, 0.6) is 5.75 Å². The maximum Gasteiger partial charge on any atom is 0.573 e. The Morgan fingerprint density at radius 2 is 1.81 bits per heavy atom. The molecule has 43 heavy (non-hydrogen) atoms. The van der Waals surface area contributed by atoms with E-state index >= 15 is 0 Å². The van der Waals surface area contributed by atoms with Gasteiger partial charge in [-0.15, -0.1) is 13.2 Å². The number of ether oxygens (including phenoxy) is 1. The van der Waals surface area contributed by atoms with Gasteiger partial charge >= 0.3 is 18.6 Å². The van der Waals surface area contributed by atoms with E-state index in [9.17, 15) is 31.1 Å². The van der Waals surface area contributed by atoms with Crippen molar-refractivity contribution < 1.29 is 35.9 Å². The number of likely N-dealkylation sites (tertiary alicyclic amines) is 1. The summed E-state index contributed by atoms with van der Waals surface area (Å²) in [5, 5.41) is 3.13. The second kappa shape index (κ2) is 12.0. The van der Waals surface area contributed by atoms with Gasteiger partial charge in [-0.05, 0) is 85.6 Å². The molecule has 2 amide bonds. The highest BCUT2D eigenvalue weighted by atomic mass is 35.5. The van der Waals surface area contributed by atoms with Crippen LogP contribution in [0.2, 0.25) is 5.15 Å². The lowest BCUT2D eigenvalue weighted by Crippen LogP contribution is -2.47. The van der Waals surface area contributed by atoms with Gasteiger partial charge in [0.05, 0.1) is 11.3 Å². The summed E-state index contributed by atoms with van der Waals surface area (Å²) in [6.07, 6.45) is -2.45. The van der Waals surface area contributed by atoms with Crippen molar-refractivity contribution in [3.8, 4) is 5.75 Å². The van der Waals surface area contributed by atoms with Crippen molar-refractivity contribution >= 4 is 29.4 Å². The van der Waals surface area contributed by atoms with Gasteiger partial charge in [0, 0.05) is 43.1 Å². The maximum absolute atomic E-state index is 13.3. The number of anilines is 1. The molecule has 14 heteroatoms. The van der Waals surface area contributed by atoms with Crippen LogP contribution in [0.4, 0.5) is 36.8 Å². The molecule has 5 rings (SSSR count). The molecule has 0 atom stereocenters. The first-order valence-corrected chi connectivity index (χ1v) is 13.7. The van der Waals surface area contributed by atoms with Crippen molar-refractivity contribution in [3.63, 3.8) is 0 Å². The van der Waals surface area contributed by atoms with Crippen molar-refractivity contribution in [1.29, 1.82) is 0 Å². The van der Waals surface area contributed by atoms with Gasteiger partial charge in [-0.1, -0.05) is 17.7 Å². The molecule has 228 valence electrons. The lowest BCUT2D eigenvalue weighted by Gasteiger charge is -2.39. The number of aromatic nitrogens is 2. The van der Waals surface area contributed by atoms with Crippen molar-refractivity contribution in [2.75, 3.05) is 31.1 Å². The highest BCUT2D eigenvalue weighted by molar-refractivity contribution is 6.29. The standard InChI is InChI=1S/C29H26ClF6N5O2/c30-25-14-19(7-10-37-25)16-39-26(42)41-18-27(23-15-22(5-6-24(23)41)43-29(34,35)36)8-12-40(13-9-27)11-1-2-21-4-3-20(17-38-21)28(31,32)33/h1-7,10,14-15,17H,8-9,11-13,16,18H2,(H,39,42). The van der Waals surface area contributed by atoms with Gasteiger partial charge in [-0.2, -0.15) is 13.2 Å². The Bertz CT molecular complexity index is 1490. The van der Waals surface area contributed by atoms with Gasteiger partial charge < -0.3 is 10.1 Å². The highest BCUT2D eigenvalue weighted by Gasteiger charge is 2.47. The lowest BCUT2D eigenvalue weighted by atomic mass is 9.74. The van der Waals surface area contributed by atoms with Crippen LogP contribution in [0.3, 0.4) is 0 Å². The van der Waals surface area contributed by atoms with E-state index in [1.807, 2.05) is 0 Å². The molecule has 0 saturated carbocycles. The minimum Gasteiger partial charge on any atom is -0.406 e. The average molecular weight is 626 g/mol. The van der Waals surface area contributed by atoms with Crippen LogP contribution in [0.1, 0.15) is 35.2 Å². The number of nitrogens with zero attached hydrogens (tertiary/aromatic N) is 4. The summed E-state index contributed by atoms with van der Waals surface area (Å²) < 4.78 is 81.5. The number of hydrogen-bond donors (Lipinski definition) is 1. The first kappa shape index (κ1) is 30.6. The Hall–Kier alpha value is -3.84. The third-order valence-electron chi connectivity index (χ3n) is 7.58. The van der Waals surface area contributed by atoms with Crippen LogP contribution >= 0.6 is 11.6 Å². The number of nitrogens with one attached hydrogen (secondary N) is 1. The largest absolute Gasteiger partial charge is 0.573 e. The molecule has 2 aliphatic heterocycles. The maximum atomic E-state index is 13.3. The number of piperidine rings is 1. The quantitative estimate of drug-likeness (QED) is 0.240. The molecule has 2 aromatic heterocycles. The van der Waals surface area contributed by atoms with Crippen LogP contribution < -0.4 is 15.0 Å². The number of benzene rings is 1. The summed E-state index contributed by atoms with van der Waals surface area (Å²) >= 11 is 5.93. The molecule has 1 saturated heterocycles. The molecular formula is C29H26ClF6N5O2. The van der Waals surface area contributed by atoms with Crippen LogP contribution in [0.15, 0.2) is 60.9 Å². The molecule has 1 N–H and O–H groups in total. The summed E-state index contributed by atoms with van der Waals surface area (Å²) in [7, 11) is 0. The summed E-state index contributed by atoms with van der Waals surface area (Å²) in [6, 6.07) is 9.24. The number of hydrogen-bond acceptors (Lipinski definition) is 5. The minimum absolute atomic E-state index is 0.184. The zero-order chi connectivity index (χ0) is 30.8. The van der Waals surface area contributed by atoms with E-state index in [4.69, 9.17) is 11.6 Å².